The topological polar surface area (TPSA) is 66.5 Å². The third kappa shape index (κ3) is 4.04. The van der Waals surface area contributed by atoms with E-state index < -0.39 is 10.0 Å². The first-order chi connectivity index (χ1) is 12.8. The van der Waals surface area contributed by atoms with Crippen molar-refractivity contribution in [2.75, 3.05) is 16.7 Å². The molecule has 0 saturated carbocycles. The van der Waals surface area contributed by atoms with Crippen LogP contribution >= 0.6 is 11.3 Å². The van der Waals surface area contributed by atoms with Gasteiger partial charge in [0.05, 0.1) is 15.5 Å². The standard InChI is InChI=1S/C20H20N2O3S2/c1-14-9-10-18(15(2)11-14)21-20(23)19-12-17(13-26-19)27(24,25)22(3)16-7-5-4-6-8-16/h4-13H,1-3H3,(H,21,23). The van der Waals surface area contributed by atoms with Gasteiger partial charge in [-0.2, -0.15) is 0 Å². The first kappa shape index (κ1) is 19.1. The van der Waals surface area contributed by atoms with E-state index in [4.69, 9.17) is 0 Å². The average Bonchev–Trinajstić information content (AvgIpc) is 3.15. The second-order valence-corrected chi connectivity index (χ2v) is 9.11. The summed E-state index contributed by atoms with van der Waals surface area (Å²) in [5, 5.41) is 4.33. The van der Waals surface area contributed by atoms with E-state index in [1.807, 2.05) is 38.1 Å². The summed E-state index contributed by atoms with van der Waals surface area (Å²) in [6, 6.07) is 16.0. The Morgan fingerprint density at radius 1 is 1.04 bits per heavy atom. The summed E-state index contributed by atoms with van der Waals surface area (Å²) in [5.41, 5.74) is 3.34. The van der Waals surface area contributed by atoms with Gasteiger partial charge >= 0.3 is 0 Å². The second kappa shape index (κ2) is 7.54. The molecular formula is C20H20N2O3S2. The molecule has 27 heavy (non-hydrogen) atoms. The van der Waals surface area contributed by atoms with Crippen LogP contribution in [0.25, 0.3) is 0 Å². The Kier molecular flexibility index (Phi) is 5.34. The minimum absolute atomic E-state index is 0.102. The third-order valence-electron chi connectivity index (χ3n) is 4.21. The van der Waals surface area contributed by atoms with E-state index in [0.717, 1.165) is 22.5 Å². The van der Waals surface area contributed by atoms with Crippen molar-refractivity contribution in [2.24, 2.45) is 0 Å². The predicted molar refractivity (Wildman–Crippen MR) is 110 cm³/mol. The summed E-state index contributed by atoms with van der Waals surface area (Å²) in [6.07, 6.45) is 0. The zero-order chi connectivity index (χ0) is 19.6. The highest BCUT2D eigenvalue weighted by molar-refractivity contribution is 7.93. The molecule has 3 aromatic rings. The van der Waals surface area contributed by atoms with Crippen molar-refractivity contribution >= 4 is 38.6 Å². The predicted octanol–water partition coefficient (Wildman–Crippen LogP) is 4.44. The lowest BCUT2D eigenvalue weighted by molar-refractivity contribution is 0.103. The lowest BCUT2D eigenvalue weighted by Crippen LogP contribution is -2.26. The molecule has 1 aromatic heterocycles. The zero-order valence-electron chi connectivity index (χ0n) is 15.3. The number of nitrogens with one attached hydrogen (secondary N) is 1. The van der Waals surface area contributed by atoms with Crippen LogP contribution < -0.4 is 9.62 Å². The molecule has 0 radical (unpaired) electrons. The molecule has 0 unspecified atom stereocenters. The van der Waals surface area contributed by atoms with E-state index in [-0.39, 0.29) is 10.8 Å². The molecule has 0 saturated heterocycles. The van der Waals surface area contributed by atoms with Crippen molar-refractivity contribution in [1.29, 1.82) is 0 Å². The monoisotopic (exact) mass is 400 g/mol. The Bertz CT molecular complexity index is 1070. The molecule has 0 atom stereocenters. The number of hydrogen-bond acceptors (Lipinski definition) is 4. The molecule has 1 heterocycles. The van der Waals surface area contributed by atoms with Crippen LogP contribution in [0.4, 0.5) is 11.4 Å². The van der Waals surface area contributed by atoms with Crippen LogP contribution in [0.1, 0.15) is 20.8 Å². The average molecular weight is 401 g/mol. The quantitative estimate of drug-likeness (QED) is 0.688. The number of carbonyl (C=O) groups is 1. The molecule has 0 aliphatic rings. The number of sulfonamides is 1. The summed E-state index contributed by atoms with van der Waals surface area (Å²) >= 11 is 1.11. The van der Waals surface area contributed by atoms with Gasteiger partial charge in [-0.05, 0) is 43.7 Å². The van der Waals surface area contributed by atoms with Crippen LogP contribution in [0.5, 0.6) is 0 Å². The summed E-state index contributed by atoms with van der Waals surface area (Å²) in [6.45, 7) is 3.90. The Morgan fingerprint density at radius 2 is 1.74 bits per heavy atom. The second-order valence-electron chi connectivity index (χ2n) is 6.23. The molecule has 0 bridgehead atoms. The highest BCUT2D eigenvalue weighted by Gasteiger charge is 2.24. The first-order valence-electron chi connectivity index (χ1n) is 8.30. The first-order valence-corrected chi connectivity index (χ1v) is 10.6. The maximum Gasteiger partial charge on any atom is 0.265 e. The Balaban J connectivity index is 1.82. The van der Waals surface area contributed by atoms with Crippen LogP contribution in [0.15, 0.2) is 64.9 Å². The third-order valence-corrected chi connectivity index (χ3v) is 7.05. The smallest absolute Gasteiger partial charge is 0.265 e. The number of carbonyl (C=O) groups excluding carboxylic acids is 1. The molecule has 0 aliphatic heterocycles. The maximum absolute atomic E-state index is 12.8. The molecule has 140 valence electrons. The summed E-state index contributed by atoms with van der Waals surface area (Å²) < 4.78 is 26.8. The number of nitrogens with zero attached hydrogens (tertiary/aromatic N) is 1. The fourth-order valence-electron chi connectivity index (χ4n) is 2.65. The Labute approximate surface area is 163 Å². The van der Waals surface area contributed by atoms with Gasteiger partial charge in [0, 0.05) is 18.1 Å². The van der Waals surface area contributed by atoms with Crippen molar-refractivity contribution < 1.29 is 13.2 Å². The molecule has 1 amide bonds. The normalized spacial score (nSPS) is 11.2. The number of anilines is 2. The van der Waals surface area contributed by atoms with Gasteiger partial charge in [0.1, 0.15) is 0 Å². The summed E-state index contributed by atoms with van der Waals surface area (Å²) in [7, 11) is -2.23. The maximum atomic E-state index is 12.8. The number of rotatable bonds is 5. The molecule has 0 aliphatic carbocycles. The molecule has 5 nitrogen and oxygen atoms in total. The number of amides is 1. The van der Waals surface area contributed by atoms with Gasteiger partial charge in [-0.15, -0.1) is 11.3 Å². The van der Waals surface area contributed by atoms with Crippen molar-refractivity contribution in [3.8, 4) is 0 Å². The largest absolute Gasteiger partial charge is 0.321 e. The van der Waals surface area contributed by atoms with Gasteiger partial charge in [0.2, 0.25) is 0 Å². The van der Waals surface area contributed by atoms with E-state index >= 15 is 0 Å². The molecule has 0 spiro atoms. The van der Waals surface area contributed by atoms with Gasteiger partial charge in [-0.1, -0.05) is 35.9 Å². The summed E-state index contributed by atoms with van der Waals surface area (Å²) in [5.74, 6) is -0.323. The van der Waals surface area contributed by atoms with Crippen LogP contribution in [0.3, 0.4) is 0 Å². The van der Waals surface area contributed by atoms with Gasteiger partial charge in [0.25, 0.3) is 15.9 Å². The van der Waals surface area contributed by atoms with Crippen molar-refractivity contribution in [3.63, 3.8) is 0 Å². The summed E-state index contributed by atoms with van der Waals surface area (Å²) in [4.78, 5) is 13.0. The van der Waals surface area contributed by atoms with E-state index in [2.05, 4.69) is 5.32 Å². The van der Waals surface area contributed by atoms with Crippen LogP contribution in [0.2, 0.25) is 0 Å². The fourth-order valence-corrected chi connectivity index (χ4v) is 5.00. The molecular weight excluding hydrogens is 380 g/mol. The van der Waals surface area contributed by atoms with Crippen LogP contribution in [0, 0.1) is 13.8 Å². The molecule has 1 N–H and O–H groups in total. The van der Waals surface area contributed by atoms with E-state index in [1.54, 1.807) is 24.3 Å². The number of para-hydroxylation sites is 1. The van der Waals surface area contributed by atoms with Crippen LogP contribution in [-0.4, -0.2) is 21.4 Å². The van der Waals surface area contributed by atoms with Gasteiger partial charge < -0.3 is 5.32 Å². The van der Waals surface area contributed by atoms with Gasteiger partial charge in [-0.25, -0.2) is 8.42 Å². The Morgan fingerprint density at radius 3 is 2.41 bits per heavy atom. The number of thiophene rings is 1. The number of aryl methyl sites for hydroxylation is 2. The molecule has 3 rings (SSSR count). The number of hydrogen-bond donors (Lipinski definition) is 1. The number of benzene rings is 2. The SMILES string of the molecule is Cc1ccc(NC(=O)c2cc(S(=O)(=O)N(C)c3ccccc3)cs2)c(C)c1. The minimum Gasteiger partial charge on any atom is -0.321 e. The van der Waals surface area contributed by atoms with E-state index in [9.17, 15) is 13.2 Å². The Hall–Kier alpha value is -2.64. The van der Waals surface area contributed by atoms with E-state index in [1.165, 1.54) is 22.8 Å². The van der Waals surface area contributed by atoms with Gasteiger partial charge in [0.15, 0.2) is 0 Å². The van der Waals surface area contributed by atoms with E-state index in [0.29, 0.717) is 16.3 Å². The van der Waals surface area contributed by atoms with Crippen LogP contribution in [-0.2, 0) is 10.0 Å². The minimum atomic E-state index is -3.73. The lowest BCUT2D eigenvalue weighted by atomic mass is 10.1. The lowest BCUT2D eigenvalue weighted by Gasteiger charge is -2.18. The molecule has 0 fully saturated rings. The zero-order valence-corrected chi connectivity index (χ0v) is 16.9. The highest BCUT2D eigenvalue weighted by atomic mass is 32.2. The molecule has 2 aromatic carbocycles. The van der Waals surface area contributed by atoms with Crippen molar-refractivity contribution in [1.82, 2.24) is 0 Å². The molecule has 7 heteroatoms. The van der Waals surface area contributed by atoms with Crippen molar-refractivity contribution in [2.45, 2.75) is 18.7 Å². The fraction of sp³-hybridized carbons (Fsp3) is 0.150. The van der Waals surface area contributed by atoms with Gasteiger partial charge in [-0.3, -0.25) is 9.10 Å². The van der Waals surface area contributed by atoms with Crippen molar-refractivity contribution in [3.05, 3.63) is 76.0 Å². The highest BCUT2D eigenvalue weighted by Crippen LogP contribution is 2.26.